The first-order valence-electron chi connectivity index (χ1n) is 7.11. The molecule has 1 aliphatic carbocycles. The summed E-state index contributed by atoms with van der Waals surface area (Å²) in [5.41, 5.74) is 2.66. The largest absolute Gasteiger partial charge is 0.312 e. The number of thiazole rings is 1. The minimum absolute atomic E-state index is 0.522. The number of hydrogen-bond donors (Lipinski definition) is 1. The molecule has 1 heterocycles. The van der Waals surface area contributed by atoms with E-state index in [4.69, 9.17) is 4.98 Å². The average molecular weight is 304 g/mol. The number of benzene rings is 1. The third-order valence-corrected chi connectivity index (χ3v) is 6.09. The zero-order valence-corrected chi connectivity index (χ0v) is 13.6. The van der Waals surface area contributed by atoms with Crippen LogP contribution < -0.4 is 5.32 Å². The Morgan fingerprint density at radius 2 is 2.35 bits per heavy atom. The van der Waals surface area contributed by atoms with Crippen molar-refractivity contribution in [3.05, 3.63) is 45.4 Å². The Morgan fingerprint density at radius 1 is 1.45 bits per heavy atom. The highest BCUT2D eigenvalue weighted by molar-refractivity contribution is 7.98. The van der Waals surface area contributed by atoms with Crippen molar-refractivity contribution in [1.29, 1.82) is 0 Å². The van der Waals surface area contributed by atoms with Crippen molar-refractivity contribution in [3.63, 3.8) is 0 Å². The predicted octanol–water partition coefficient (Wildman–Crippen LogP) is 4.34. The lowest BCUT2D eigenvalue weighted by atomic mass is 9.98. The van der Waals surface area contributed by atoms with Crippen molar-refractivity contribution in [2.75, 3.05) is 7.05 Å². The van der Waals surface area contributed by atoms with E-state index in [1.54, 1.807) is 0 Å². The zero-order chi connectivity index (χ0) is 13.9. The van der Waals surface area contributed by atoms with Gasteiger partial charge in [-0.2, -0.15) is 0 Å². The lowest BCUT2D eigenvalue weighted by Crippen LogP contribution is -2.19. The molecule has 0 bridgehead atoms. The summed E-state index contributed by atoms with van der Waals surface area (Å²) in [5.74, 6) is 0.984. The molecule has 0 aliphatic heterocycles. The van der Waals surface area contributed by atoms with E-state index in [0.717, 1.165) is 12.2 Å². The Balaban J connectivity index is 1.71. The molecule has 1 aromatic heterocycles. The summed E-state index contributed by atoms with van der Waals surface area (Å²) in [7, 11) is 2.06. The van der Waals surface area contributed by atoms with E-state index in [1.165, 1.54) is 38.9 Å². The van der Waals surface area contributed by atoms with Crippen molar-refractivity contribution in [2.45, 2.75) is 42.9 Å². The van der Waals surface area contributed by atoms with Crippen LogP contribution in [0.25, 0.3) is 0 Å². The second kappa shape index (κ2) is 6.29. The van der Waals surface area contributed by atoms with Crippen molar-refractivity contribution in [3.8, 4) is 0 Å². The van der Waals surface area contributed by atoms with Gasteiger partial charge in [0, 0.05) is 15.8 Å². The molecule has 0 radical (unpaired) electrons. The van der Waals surface area contributed by atoms with Gasteiger partial charge in [-0.05, 0) is 45.4 Å². The van der Waals surface area contributed by atoms with Crippen molar-refractivity contribution < 1.29 is 0 Å². The summed E-state index contributed by atoms with van der Waals surface area (Å²) in [6.07, 6.45) is 3.65. The van der Waals surface area contributed by atoms with E-state index in [2.05, 4.69) is 43.6 Å². The first-order valence-corrected chi connectivity index (χ1v) is 8.91. The van der Waals surface area contributed by atoms with Gasteiger partial charge in [-0.25, -0.2) is 4.98 Å². The third kappa shape index (κ3) is 3.08. The first-order chi connectivity index (χ1) is 9.76. The SMILES string of the molecule is CNC1CCCc2nc(CSc3cccc(C)c3)sc21. The van der Waals surface area contributed by atoms with Gasteiger partial charge in [0.25, 0.3) is 0 Å². The maximum atomic E-state index is 4.84. The van der Waals surface area contributed by atoms with Crippen LogP contribution in [-0.2, 0) is 12.2 Å². The summed E-state index contributed by atoms with van der Waals surface area (Å²) >= 11 is 3.78. The fourth-order valence-corrected chi connectivity index (χ4v) is 4.92. The van der Waals surface area contributed by atoms with Gasteiger partial charge in [-0.15, -0.1) is 23.1 Å². The summed E-state index contributed by atoms with van der Waals surface area (Å²) in [4.78, 5) is 7.65. The first kappa shape index (κ1) is 14.1. The smallest absolute Gasteiger partial charge is 0.103 e. The summed E-state index contributed by atoms with van der Waals surface area (Å²) in [5, 5.41) is 4.69. The topological polar surface area (TPSA) is 24.9 Å². The molecule has 0 saturated heterocycles. The highest BCUT2D eigenvalue weighted by Gasteiger charge is 2.23. The van der Waals surface area contributed by atoms with E-state index in [9.17, 15) is 0 Å². The second-order valence-electron chi connectivity index (χ2n) is 5.26. The van der Waals surface area contributed by atoms with E-state index in [-0.39, 0.29) is 0 Å². The average Bonchev–Trinajstić information content (AvgIpc) is 2.88. The standard InChI is InChI=1S/C16H20N2S2/c1-11-5-3-6-12(9-11)19-10-15-18-14-8-4-7-13(17-2)16(14)20-15/h3,5-6,9,13,17H,4,7-8,10H2,1-2H3. The molecule has 106 valence electrons. The van der Waals surface area contributed by atoms with Gasteiger partial charge in [0.05, 0.1) is 11.4 Å². The quantitative estimate of drug-likeness (QED) is 0.851. The number of thioether (sulfide) groups is 1. The highest BCUT2D eigenvalue weighted by atomic mass is 32.2. The minimum atomic E-state index is 0.522. The van der Waals surface area contributed by atoms with E-state index < -0.39 is 0 Å². The number of aromatic nitrogens is 1. The Kier molecular flexibility index (Phi) is 4.44. The molecule has 4 heteroatoms. The van der Waals surface area contributed by atoms with Crippen LogP contribution in [-0.4, -0.2) is 12.0 Å². The van der Waals surface area contributed by atoms with Crippen molar-refractivity contribution in [1.82, 2.24) is 10.3 Å². The molecule has 0 amide bonds. The summed E-state index contributed by atoms with van der Waals surface area (Å²) < 4.78 is 0. The lowest BCUT2D eigenvalue weighted by Gasteiger charge is -2.20. The fraction of sp³-hybridized carbons (Fsp3) is 0.438. The van der Waals surface area contributed by atoms with E-state index in [1.807, 2.05) is 23.1 Å². The maximum Gasteiger partial charge on any atom is 0.103 e. The monoisotopic (exact) mass is 304 g/mol. The highest BCUT2D eigenvalue weighted by Crippen LogP contribution is 2.36. The van der Waals surface area contributed by atoms with Gasteiger partial charge in [0.2, 0.25) is 0 Å². The van der Waals surface area contributed by atoms with Gasteiger partial charge in [0.1, 0.15) is 5.01 Å². The molecule has 20 heavy (non-hydrogen) atoms. The van der Waals surface area contributed by atoms with Crippen LogP contribution in [0, 0.1) is 6.92 Å². The Labute approximate surface area is 129 Å². The van der Waals surface area contributed by atoms with Crippen LogP contribution in [0.4, 0.5) is 0 Å². The van der Waals surface area contributed by atoms with Crippen LogP contribution in [0.15, 0.2) is 29.2 Å². The Bertz CT molecular complexity index is 592. The van der Waals surface area contributed by atoms with Gasteiger partial charge in [-0.3, -0.25) is 0 Å². The molecule has 1 N–H and O–H groups in total. The fourth-order valence-electron chi connectivity index (χ4n) is 2.66. The van der Waals surface area contributed by atoms with Crippen molar-refractivity contribution >= 4 is 23.1 Å². The number of aryl methyl sites for hydroxylation is 2. The minimum Gasteiger partial charge on any atom is -0.312 e. The van der Waals surface area contributed by atoms with Gasteiger partial charge in [-0.1, -0.05) is 17.7 Å². The van der Waals surface area contributed by atoms with Crippen LogP contribution >= 0.6 is 23.1 Å². The molecule has 1 atom stereocenters. The number of hydrogen-bond acceptors (Lipinski definition) is 4. The van der Waals surface area contributed by atoms with Crippen LogP contribution in [0.1, 0.15) is 40.0 Å². The third-order valence-electron chi connectivity index (χ3n) is 3.70. The number of nitrogens with one attached hydrogen (secondary N) is 1. The van der Waals surface area contributed by atoms with Gasteiger partial charge >= 0.3 is 0 Å². The number of nitrogens with zero attached hydrogens (tertiary/aromatic N) is 1. The van der Waals surface area contributed by atoms with Gasteiger partial charge < -0.3 is 5.32 Å². The normalized spacial score (nSPS) is 18.0. The van der Waals surface area contributed by atoms with Crippen LogP contribution in [0.3, 0.4) is 0 Å². The molecular weight excluding hydrogens is 284 g/mol. The van der Waals surface area contributed by atoms with Crippen LogP contribution in [0.2, 0.25) is 0 Å². The molecule has 0 saturated carbocycles. The molecule has 2 aromatic rings. The second-order valence-corrected chi connectivity index (χ2v) is 7.42. The Morgan fingerprint density at radius 3 is 3.15 bits per heavy atom. The van der Waals surface area contributed by atoms with E-state index in [0.29, 0.717) is 6.04 Å². The lowest BCUT2D eigenvalue weighted by molar-refractivity contribution is 0.501. The molecular formula is C16H20N2S2. The molecule has 0 spiro atoms. The zero-order valence-electron chi connectivity index (χ0n) is 12.0. The molecule has 3 rings (SSSR count). The number of fused-ring (bicyclic) bond motifs is 1. The molecule has 0 fully saturated rings. The number of rotatable bonds is 4. The van der Waals surface area contributed by atoms with E-state index >= 15 is 0 Å². The van der Waals surface area contributed by atoms with Crippen molar-refractivity contribution in [2.24, 2.45) is 0 Å². The molecule has 1 unspecified atom stereocenters. The molecule has 2 nitrogen and oxygen atoms in total. The Hall–Kier alpha value is -0.840. The summed E-state index contributed by atoms with van der Waals surface area (Å²) in [6.45, 7) is 2.14. The molecule has 1 aliphatic rings. The maximum absolute atomic E-state index is 4.84. The summed E-state index contributed by atoms with van der Waals surface area (Å²) in [6, 6.07) is 9.22. The van der Waals surface area contributed by atoms with Crippen LogP contribution in [0.5, 0.6) is 0 Å². The van der Waals surface area contributed by atoms with Gasteiger partial charge in [0.15, 0.2) is 0 Å². The molecule has 1 aromatic carbocycles. The predicted molar refractivity (Wildman–Crippen MR) is 87.6 cm³/mol.